The Labute approximate surface area is 138 Å². The predicted molar refractivity (Wildman–Crippen MR) is 95.9 cm³/mol. The van der Waals surface area contributed by atoms with Crippen LogP contribution in [-0.4, -0.2) is 6.04 Å². The maximum atomic E-state index is 6.48. The number of fused-ring (bicyclic) bond motifs is 1. The summed E-state index contributed by atoms with van der Waals surface area (Å²) < 4.78 is 1.26. The SMILES string of the molecule is Cc1ccc(CC(C)NCc2sc3ccccc3c2Cl)s1. The third kappa shape index (κ3) is 3.49. The molecule has 0 radical (unpaired) electrons. The van der Waals surface area contributed by atoms with Crippen LogP contribution in [0.25, 0.3) is 10.1 Å². The molecule has 110 valence electrons. The molecule has 1 atom stereocenters. The summed E-state index contributed by atoms with van der Waals surface area (Å²) in [4.78, 5) is 4.05. The van der Waals surface area contributed by atoms with E-state index >= 15 is 0 Å². The predicted octanol–water partition coefficient (Wildman–Crippen LogP) is 5.65. The van der Waals surface area contributed by atoms with Gasteiger partial charge in [-0.05, 0) is 38.5 Å². The number of nitrogens with one attached hydrogen (secondary N) is 1. The van der Waals surface area contributed by atoms with Gasteiger partial charge in [0.2, 0.25) is 0 Å². The van der Waals surface area contributed by atoms with E-state index in [1.54, 1.807) is 11.3 Å². The Hall–Kier alpha value is -0.870. The summed E-state index contributed by atoms with van der Waals surface area (Å²) in [6.07, 6.45) is 1.07. The highest BCUT2D eigenvalue weighted by molar-refractivity contribution is 7.19. The van der Waals surface area contributed by atoms with Crippen molar-refractivity contribution >= 4 is 44.4 Å². The molecule has 1 nitrogen and oxygen atoms in total. The van der Waals surface area contributed by atoms with Crippen molar-refractivity contribution < 1.29 is 0 Å². The minimum Gasteiger partial charge on any atom is -0.309 e. The Balaban J connectivity index is 1.64. The lowest BCUT2D eigenvalue weighted by atomic mass is 10.2. The molecular weight excluding hydrogens is 318 g/mol. The Bertz CT molecular complexity index is 744. The first-order valence-electron chi connectivity index (χ1n) is 7.08. The van der Waals surface area contributed by atoms with E-state index in [0.29, 0.717) is 6.04 Å². The molecule has 0 bridgehead atoms. The smallest absolute Gasteiger partial charge is 0.0636 e. The van der Waals surface area contributed by atoms with Crippen molar-refractivity contribution in [3.8, 4) is 0 Å². The number of benzene rings is 1. The molecule has 0 fully saturated rings. The van der Waals surface area contributed by atoms with Gasteiger partial charge in [0.1, 0.15) is 0 Å². The van der Waals surface area contributed by atoms with Gasteiger partial charge in [-0.25, -0.2) is 0 Å². The van der Waals surface area contributed by atoms with Crippen LogP contribution in [0, 0.1) is 6.92 Å². The molecule has 0 amide bonds. The van der Waals surface area contributed by atoms with Crippen molar-refractivity contribution in [2.45, 2.75) is 32.9 Å². The average Bonchev–Trinajstić information content (AvgIpc) is 3.01. The molecule has 0 spiro atoms. The number of hydrogen-bond donors (Lipinski definition) is 1. The summed E-state index contributed by atoms with van der Waals surface area (Å²) in [6.45, 7) is 5.23. The molecule has 1 aromatic carbocycles. The van der Waals surface area contributed by atoms with Crippen LogP contribution >= 0.6 is 34.3 Å². The Kier molecular flexibility index (Phi) is 4.65. The lowest BCUT2D eigenvalue weighted by molar-refractivity contribution is 0.552. The fourth-order valence-corrected chi connectivity index (χ4v) is 4.88. The first-order chi connectivity index (χ1) is 10.1. The summed E-state index contributed by atoms with van der Waals surface area (Å²) in [5.74, 6) is 0. The summed E-state index contributed by atoms with van der Waals surface area (Å²) in [6, 6.07) is 13.2. The van der Waals surface area contributed by atoms with Gasteiger partial charge in [0, 0.05) is 37.3 Å². The number of halogens is 1. The topological polar surface area (TPSA) is 12.0 Å². The zero-order valence-electron chi connectivity index (χ0n) is 12.2. The van der Waals surface area contributed by atoms with E-state index < -0.39 is 0 Å². The van der Waals surface area contributed by atoms with Crippen LogP contribution in [0.2, 0.25) is 5.02 Å². The van der Waals surface area contributed by atoms with Gasteiger partial charge in [0.15, 0.2) is 0 Å². The summed E-state index contributed by atoms with van der Waals surface area (Å²) in [5.41, 5.74) is 0. The van der Waals surface area contributed by atoms with E-state index in [0.717, 1.165) is 18.0 Å². The Morgan fingerprint density at radius 3 is 2.67 bits per heavy atom. The zero-order valence-corrected chi connectivity index (χ0v) is 14.5. The molecule has 0 aliphatic heterocycles. The van der Waals surface area contributed by atoms with Crippen LogP contribution in [0.3, 0.4) is 0 Å². The minimum absolute atomic E-state index is 0.448. The van der Waals surface area contributed by atoms with Crippen LogP contribution in [0.4, 0.5) is 0 Å². The number of hydrogen-bond acceptors (Lipinski definition) is 3. The van der Waals surface area contributed by atoms with E-state index in [1.165, 1.54) is 24.7 Å². The first-order valence-corrected chi connectivity index (χ1v) is 9.09. The molecule has 2 aromatic heterocycles. The summed E-state index contributed by atoms with van der Waals surface area (Å²) in [5, 5.41) is 5.66. The van der Waals surface area contributed by atoms with Crippen LogP contribution in [0.5, 0.6) is 0 Å². The highest BCUT2D eigenvalue weighted by Crippen LogP contribution is 2.35. The van der Waals surface area contributed by atoms with Gasteiger partial charge in [-0.15, -0.1) is 22.7 Å². The number of aryl methyl sites for hydroxylation is 1. The van der Waals surface area contributed by atoms with Crippen molar-refractivity contribution in [3.05, 3.63) is 56.1 Å². The van der Waals surface area contributed by atoms with Crippen molar-refractivity contribution in [2.75, 3.05) is 0 Å². The summed E-state index contributed by atoms with van der Waals surface area (Å²) >= 11 is 10.1. The van der Waals surface area contributed by atoms with E-state index in [1.807, 2.05) is 17.4 Å². The maximum absolute atomic E-state index is 6.48. The van der Waals surface area contributed by atoms with E-state index in [2.05, 4.69) is 49.5 Å². The normalized spacial score (nSPS) is 12.9. The lowest BCUT2D eigenvalue weighted by Crippen LogP contribution is -2.26. The molecule has 0 aliphatic carbocycles. The van der Waals surface area contributed by atoms with E-state index in [4.69, 9.17) is 11.6 Å². The van der Waals surface area contributed by atoms with Gasteiger partial charge in [0.25, 0.3) is 0 Å². The van der Waals surface area contributed by atoms with Gasteiger partial charge in [0.05, 0.1) is 5.02 Å². The number of rotatable bonds is 5. The van der Waals surface area contributed by atoms with Crippen LogP contribution in [0.1, 0.15) is 21.6 Å². The van der Waals surface area contributed by atoms with E-state index in [-0.39, 0.29) is 0 Å². The molecule has 0 aliphatic rings. The fourth-order valence-electron chi connectivity index (χ4n) is 2.41. The van der Waals surface area contributed by atoms with Gasteiger partial charge < -0.3 is 5.32 Å². The zero-order chi connectivity index (χ0) is 14.8. The molecule has 2 heterocycles. The quantitative estimate of drug-likeness (QED) is 0.635. The van der Waals surface area contributed by atoms with Crippen molar-refractivity contribution in [2.24, 2.45) is 0 Å². The number of thiophene rings is 2. The third-order valence-electron chi connectivity index (χ3n) is 3.52. The molecule has 0 saturated heterocycles. The molecular formula is C17H18ClNS2. The van der Waals surface area contributed by atoms with Gasteiger partial charge in [-0.3, -0.25) is 0 Å². The molecule has 3 aromatic rings. The Morgan fingerprint density at radius 1 is 1.14 bits per heavy atom. The largest absolute Gasteiger partial charge is 0.309 e. The molecule has 1 N–H and O–H groups in total. The molecule has 4 heteroatoms. The van der Waals surface area contributed by atoms with Crippen molar-refractivity contribution in [1.29, 1.82) is 0 Å². The van der Waals surface area contributed by atoms with E-state index in [9.17, 15) is 0 Å². The van der Waals surface area contributed by atoms with Crippen molar-refractivity contribution in [3.63, 3.8) is 0 Å². The van der Waals surface area contributed by atoms with Crippen LogP contribution < -0.4 is 5.32 Å². The average molecular weight is 336 g/mol. The molecule has 0 saturated carbocycles. The molecule has 3 rings (SSSR count). The fraction of sp³-hybridized carbons (Fsp3) is 0.294. The monoisotopic (exact) mass is 335 g/mol. The van der Waals surface area contributed by atoms with Gasteiger partial charge in [-0.1, -0.05) is 29.8 Å². The lowest BCUT2D eigenvalue weighted by Gasteiger charge is -2.12. The second-order valence-electron chi connectivity index (χ2n) is 5.33. The maximum Gasteiger partial charge on any atom is 0.0636 e. The highest BCUT2D eigenvalue weighted by atomic mass is 35.5. The van der Waals surface area contributed by atoms with Crippen LogP contribution in [0.15, 0.2) is 36.4 Å². The minimum atomic E-state index is 0.448. The van der Waals surface area contributed by atoms with Crippen LogP contribution in [-0.2, 0) is 13.0 Å². The van der Waals surface area contributed by atoms with Crippen molar-refractivity contribution in [1.82, 2.24) is 5.32 Å². The molecule has 21 heavy (non-hydrogen) atoms. The summed E-state index contributed by atoms with van der Waals surface area (Å²) in [7, 11) is 0. The second-order valence-corrected chi connectivity index (χ2v) is 8.22. The highest BCUT2D eigenvalue weighted by Gasteiger charge is 2.11. The first kappa shape index (κ1) is 15.0. The molecule has 1 unspecified atom stereocenters. The third-order valence-corrected chi connectivity index (χ3v) is 6.25. The second kappa shape index (κ2) is 6.49. The Morgan fingerprint density at radius 2 is 1.95 bits per heavy atom. The van der Waals surface area contributed by atoms with Gasteiger partial charge in [-0.2, -0.15) is 0 Å². The standard InChI is InChI=1S/C17H18ClNS2/c1-11(9-13-8-7-12(2)20-13)19-10-16-17(18)14-5-3-4-6-15(14)21-16/h3-8,11,19H,9-10H2,1-2H3. The van der Waals surface area contributed by atoms with Gasteiger partial charge >= 0.3 is 0 Å².